The minimum absolute atomic E-state index is 0.139. The van der Waals surface area contributed by atoms with E-state index in [0.29, 0.717) is 0 Å². The maximum atomic E-state index is 4.52. The molecule has 4 heteroatoms. The molecule has 1 unspecified atom stereocenters. The molecule has 0 bridgehead atoms. The molecular formula is C19H24N4. The van der Waals surface area contributed by atoms with Crippen LogP contribution in [-0.2, 0) is 12.0 Å². The summed E-state index contributed by atoms with van der Waals surface area (Å²) in [5.41, 5.74) is 5.74. The summed E-state index contributed by atoms with van der Waals surface area (Å²) in [5, 5.41) is 3.53. The highest BCUT2D eigenvalue weighted by Crippen LogP contribution is 2.24. The Hall–Kier alpha value is -2.20. The van der Waals surface area contributed by atoms with Crippen LogP contribution in [-0.4, -0.2) is 15.0 Å². The molecule has 3 heterocycles. The normalized spacial score (nSPS) is 13.4. The van der Waals surface area contributed by atoms with E-state index in [1.165, 1.54) is 5.56 Å². The van der Waals surface area contributed by atoms with Crippen molar-refractivity contribution in [2.75, 3.05) is 0 Å². The lowest BCUT2D eigenvalue weighted by Crippen LogP contribution is -2.20. The molecule has 0 aliphatic carbocycles. The molecular weight excluding hydrogens is 284 g/mol. The number of hydrogen-bond acceptors (Lipinski definition) is 3. The standard InChI is InChI=1S/C19H24N4/c1-13(17-10-14(7-9-21-17)19(2,3)4)22-12-15-11-18-16(23-15)6-5-8-20-18/h5-11,13,22-23H,12H2,1-4H3. The van der Waals surface area contributed by atoms with Crippen molar-refractivity contribution in [3.63, 3.8) is 0 Å². The second-order valence-corrected chi connectivity index (χ2v) is 7.05. The van der Waals surface area contributed by atoms with E-state index in [1.54, 1.807) is 0 Å². The van der Waals surface area contributed by atoms with Gasteiger partial charge in [0.25, 0.3) is 0 Å². The quantitative estimate of drug-likeness (QED) is 0.762. The molecule has 3 aromatic heterocycles. The van der Waals surface area contributed by atoms with Gasteiger partial charge >= 0.3 is 0 Å². The second kappa shape index (κ2) is 6.13. The molecule has 0 fully saturated rings. The van der Waals surface area contributed by atoms with E-state index in [4.69, 9.17) is 0 Å². The predicted molar refractivity (Wildman–Crippen MR) is 94.3 cm³/mol. The van der Waals surface area contributed by atoms with Crippen LogP contribution in [0.3, 0.4) is 0 Å². The maximum absolute atomic E-state index is 4.52. The Kier molecular flexibility index (Phi) is 4.18. The molecule has 23 heavy (non-hydrogen) atoms. The first-order chi connectivity index (χ1) is 10.9. The Balaban J connectivity index is 1.70. The number of hydrogen-bond donors (Lipinski definition) is 2. The van der Waals surface area contributed by atoms with Gasteiger partial charge in [-0.05, 0) is 48.2 Å². The van der Waals surface area contributed by atoms with Gasteiger partial charge in [-0.1, -0.05) is 20.8 Å². The lowest BCUT2D eigenvalue weighted by atomic mass is 9.87. The number of rotatable bonds is 4. The SMILES string of the molecule is CC(NCc1cc2ncccc2[nH]1)c1cc(C(C)(C)C)ccn1. The number of aromatic nitrogens is 3. The number of nitrogens with one attached hydrogen (secondary N) is 2. The summed E-state index contributed by atoms with van der Waals surface area (Å²) in [7, 11) is 0. The Morgan fingerprint density at radius 1 is 1.13 bits per heavy atom. The van der Waals surface area contributed by atoms with E-state index in [1.807, 2.05) is 24.5 Å². The summed E-state index contributed by atoms with van der Waals surface area (Å²) >= 11 is 0. The molecule has 0 radical (unpaired) electrons. The summed E-state index contributed by atoms with van der Waals surface area (Å²) in [6.45, 7) is 9.58. The van der Waals surface area contributed by atoms with Crippen molar-refractivity contribution in [2.24, 2.45) is 0 Å². The molecule has 4 nitrogen and oxygen atoms in total. The maximum Gasteiger partial charge on any atom is 0.0882 e. The fourth-order valence-electron chi connectivity index (χ4n) is 2.63. The van der Waals surface area contributed by atoms with Crippen molar-refractivity contribution in [1.29, 1.82) is 0 Å². The third kappa shape index (κ3) is 3.59. The summed E-state index contributed by atoms with van der Waals surface area (Å²) in [5.74, 6) is 0. The fraction of sp³-hybridized carbons (Fsp3) is 0.368. The molecule has 0 aromatic carbocycles. The van der Waals surface area contributed by atoms with Crippen LogP contribution in [0, 0.1) is 0 Å². The largest absolute Gasteiger partial charge is 0.356 e. The minimum Gasteiger partial charge on any atom is -0.356 e. The van der Waals surface area contributed by atoms with Crippen molar-refractivity contribution >= 4 is 11.0 Å². The fourth-order valence-corrected chi connectivity index (χ4v) is 2.63. The van der Waals surface area contributed by atoms with Crippen LogP contribution in [0.2, 0.25) is 0 Å². The van der Waals surface area contributed by atoms with E-state index in [9.17, 15) is 0 Å². The topological polar surface area (TPSA) is 53.6 Å². The molecule has 0 aliphatic heterocycles. The Morgan fingerprint density at radius 3 is 2.70 bits per heavy atom. The van der Waals surface area contributed by atoms with Crippen molar-refractivity contribution < 1.29 is 0 Å². The van der Waals surface area contributed by atoms with E-state index < -0.39 is 0 Å². The average molecular weight is 308 g/mol. The number of fused-ring (bicyclic) bond motifs is 1. The van der Waals surface area contributed by atoms with Gasteiger partial charge in [0.05, 0.1) is 16.7 Å². The van der Waals surface area contributed by atoms with Crippen molar-refractivity contribution in [3.05, 3.63) is 59.7 Å². The third-order valence-corrected chi connectivity index (χ3v) is 4.13. The first kappa shape index (κ1) is 15.7. The van der Waals surface area contributed by atoms with Crippen LogP contribution in [0.15, 0.2) is 42.7 Å². The molecule has 0 saturated heterocycles. The lowest BCUT2D eigenvalue weighted by molar-refractivity contribution is 0.547. The molecule has 0 amide bonds. The van der Waals surface area contributed by atoms with Gasteiger partial charge in [0.2, 0.25) is 0 Å². The van der Waals surface area contributed by atoms with Gasteiger partial charge < -0.3 is 10.3 Å². The summed E-state index contributed by atoms with van der Waals surface area (Å²) in [6, 6.07) is 10.6. The number of nitrogens with zero attached hydrogens (tertiary/aromatic N) is 2. The van der Waals surface area contributed by atoms with E-state index in [-0.39, 0.29) is 11.5 Å². The lowest BCUT2D eigenvalue weighted by Gasteiger charge is -2.21. The summed E-state index contributed by atoms with van der Waals surface area (Å²) < 4.78 is 0. The Labute approximate surface area is 137 Å². The van der Waals surface area contributed by atoms with Crippen molar-refractivity contribution in [2.45, 2.75) is 45.7 Å². The van der Waals surface area contributed by atoms with Gasteiger partial charge in [0.1, 0.15) is 0 Å². The van der Waals surface area contributed by atoms with Gasteiger partial charge in [-0.15, -0.1) is 0 Å². The molecule has 1 atom stereocenters. The third-order valence-electron chi connectivity index (χ3n) is 4.13. The van der Waals surface area contributed by atoms with Crippen molar-refractivity contribution in [3.8, 4) is 0 Å². The second-order valence-electron chi connectivity index (χ2n) is 7.05. The molecule has 0 saturated carbocycles. The van der Waals surface area contributed by atoms with Gasteiger partial charge in [0.15, 0.2) is 0 Å². The van der Waals surface area contributed by atoms with Crippen LogP contribution < -0.4 is 5.32 Å². The predicted octanol–water partition coefficient (Wildman–Crippen LogP) is 4.11. The van der Waals surface area contributed by atoms with Gasteiger partial charge in [-0.2, -0.15) is 0 Å². The zero-order chi connectivity index (χ0) is 16.4. The summed E-state index contributed by atoms with van der Waals surface area (Å²) in [4.78, 5) is 12.3. The first-order valence-electron chi connectivity index (χ1n) is 8.06. The number of pyridine rings is 2. The minimum atomic E-state index is 0.139. The molecule has 2 N–H and O–H groups in total. The number of aromatic amines is 1. The smallest absolute Gasteiger partial charge is 0.0882 e. The van der Waals surface area contributed by atoms with Gasteiger partial charge in [-0.3, -0.25) is 9.97 Å². The van der Waals surface area contributed by atoms with Crippen LogP contribution in [0.25, 0.3) is 11.0 Å². The highest BCUT2D eigenvalue weighted by molar-refractivity contribution is 5.75. The molecule has 0 spiro atoms. The Bertz CT molecular complexity index is 765. The molecule has 3 aromatic rings. The van der Waals surface area contributed by atoms with E-state index in [0.717, 1.165) is 29.0 Å². The van der Waals surface area contributed by atoms with Crippen LogP contribution in [0.4, 0.5) is 0 Å². The highest BCUT2D eigenvalue weighted by atomic mass is 15.0. The molecule has 120 valence electrons. The van der Waals surface area contributed by atoms with E-state index in [2.05, 4.69) is 66.2 Å². The first-order valence-corrected chi connectivity index (χ1v) is 8.06. The van der Waals surface area contributed by atoms with E-state index >= 15 is 0 Å². The highest BCUT2D eigenvalue weighted by Gasteiger charge is 2.16. The van der Waals surface area contributed by atoms with Gasteiger partial charge in [-0.25, -0.2) is 0 Å². The number of H-pyrrole nitrogens is 1. The zero-order valence-corrected chi connectivity index (χ0v) is 14.2. The van der Waals surface area contributed by atoms with Crippen LogP contribution >= 0.6 is 0 Å². The molecule has 0 aliphatic rings. The summed E-state index contributed by atoms with van der Waals surface area (Å²) in [6.07, 6.45) is 3.72. The van der Waals surface area contributed by atoms with Crippen LogP contribution in [0.5, 0.6) is 0 Å². The average Bonchev–Trinajstić information content (AvgIpc) is 2.95. The monoisotopic (exact) mass is 308 g/mol. The van der Waals surface area contributed by atoms with Crippen LogP contribution in [0.1, 0.15) is 50.7 Å². The van der Waals surface area contributed by atoms with Crippen molar-refractivity contribution in [1.82, 2.24) is 20.3 Å². The molecule has 3 rings (SSSR count). The Morgan fingerprint density at radius 2 is 1.96 bits per heavy atom. The zero-order valence-electron chi connectivity index (χ0n) is 14.2. The van der Waals surface area contributed by atoms with Gasteiger partial charge in [0, 0.05) is 30.7 Å².